The van der Waals surface area contributed by atoms with Crippen molar-refractivity contribution in [3.63, 3.8) is 0 Å². The largest absolute Gasteiger partial charge is 0.495 e. The van der Waals surface area contributed by atoms with E-state index < -0.39 is 14.9 Å². The molecule has 1 saturated heterocycles. The monoisotopic (exact) mass is 391 g/mol. The van der Waals surface area contributed by atoms with Crippen LogP contribution in [-0.2, 0) is 14.8 Å². The highest BCUT2D eigenvalue weighted by Crippen LogP contribution is 2.34. The lowest BCUT2D eigenvalue weighted by molar-refractivity contribution is -0.384. The van der Waals surface area contributed by atoms with Crippen LogP contribution in [0.2, 0.25) is 0 Å². The number of rotatable bonds is 6. The van der Waals surface area contributed by atoms with Crippen molar-refractivity contribution in [2.75, 3.05) is 23.3 Å². The van der Waals surface area contributed by atoms with E-state index in [-0.39, 0.29) is 22.2 Å². The summed E-state index contributed by atoms with van der Waals surface area (Å²) in [7, 11) is -2.58. The first-order chi connectivity index (χ1) is 12.8. The van der Waals surface area contributed by atoms with Crippen molar-refractivity contribution in [1.29, 1.82) is 0 Å². The van der Waals surface area contributed by atoms with Crippen LogP contribution >= 0.6 is 0 Å². The third-order valence-electron chi connectivity index (χ3n) is 4.13. The number of nitro benzene ring substituents is 1. The number of ether oxygens (including phenoxy) is 1. The molecule has 0 radical (unpaired) electrons. The van der Waals surface area contributed by atoms with Gasteiger partial charge in [-0.3, -0.25) is 19.6 Å². The fraction of sp³-hybridized carbons (Fsp3) is 0.235. The van der Waals surface area contributed by atoms with E-state index in [2.05, 4.69) is 4.72 Å². The predicted octanol–water partition coefficient (Wildman–Crippen LogP) is 2.53. The number of sulfonamides is 1. The van der Waals surface area contributed by atoms with Crippen LogP contribution in [0.3, 0.4) is 0 Å². The fourth-order valence-corrected chi connectivity index (χ4v) is 3.92. The summed E-state index contributed by atoms with van der Waals surface area (Å²) in [6.45, 7) is 0.483. The van der Waals surface area contributed by atoms with Gasteiger partial charge in [0.2, 0.25) is 5.91 Å². The van der Waals surface area contributed by atoms with Crippen LogP contribution in [0, 0.1) is 10.1 Å². The number of carbonyl (C=O) groups is 1. The first-order valence-electron chi connectivity index (χ1n) is 8.07. The van der Waals surface area contributed by atoms with Crippen LogP contribution < -0.4 is 14.4 Å². The average Bonchev–Trinajstić information content (AvgIpc) is 3.06. The van der Waals surface area contributed by atoms with Crippen molar-refractivity contribution in [1.82, 2.24) is 0 Å². The number of carbonyl (C=O) groups excluding carboxylic acids is 1. The molecule has 1 heterocycles. The first-order valence-corrected chi connectivity index (χ1v) is 9.56. The van der Waals surface area contributed by atoms with Gasteiger partial charge in [0.1, 0.15) is 5.75 Å². The van der Waals surface area contributed by atoms with Gasteiger partial charge in [0.25, 0.3) is 15.7 Å². The Labute approximate surface area is 155 Å². The summed E-state index contributed by atoms with van der Waals surface area (Å²) in [6, 6.07) is 9.39. The van der Waals surface area contributed by atoms with Gasteiger partial charge in [-0.25, -0.2) is 8.42 Å². The van der Waals surface area contributed by atoms with Gasteiger partial charge in [-0.15, -0.1) is 0 Å². The molecule has 0 unspecified atom stereocenters. The summed E-state index contributed by atoms with van der Waals surface area (Å²) in [5.74, 6) is 0.286. The molecule has 3 rings (SSSR count). The summed E-state index contributed by atoms with van der Waals surface area (Å²) in [6.07, 6.45) is 1.08. The van der Waals surface area contributed by atoms with Crippen LogP contribution in [0.1, 0.15) is 12.8 Å². The SMILES string of the molecule is COc1ccc(S(=O)(=O)Nc2cccc([N+](=O)[O-])c2)cc1N1CCCC1=O. The Morgan fingerprint density at radius 3 is 2.63 bits per heavy atom. The van der Waals surface area contributed by atoms with E-state index in [1.807, 2.05) is 0 Å². The van der Waals surface area contributed by atoms with Gasteiger partial charge in [0.15, 0.2) is 0 Å². The maximum Gasteiger partial charge on any atom is 0.271 e. The molecular weight excluding hydrogens is 374 g/mol. The standard InChI is InChI=1S/C17H17N3O6S/c1-26-16-8-7-14(11-15(16)19-9-3-6-17(19)21)27(24,25)18-12-4-2-5-13(10-12)20(22)23/h2,4-5,7-8,10-11,18H,3,6,9H2,1H3. The molecule has 1 aliphatic rings. The molecule has 0 aliphatic carbocycles. The first kappa shape index (κ1) is 18.6. The summed E-state index contributed by atoms with van der Waals surface area (Å²) < 4.78 is 33.0. The molecule has 1 amide bonds. The molecule has 2 aromatic carbocycles. The molecular formula is C17H17N3O6S. The van der Waals surface area contributed by atoms with Crippen LogP contribution in [-0.4, -0.2) is 32.9 Å². The highest BCUT2D eigenvalue weighted by Gasteiger charge is 2.26. The molecule has 0 aromatic heterocycles. The van der Waals surface area contributed by atoms with Crippen molar-refractivity contribution in [2.45, 2.75) is 17.7 Å². The molecule has 2 aromatic rings. The van der Waals surface area contributed by atoms with Crippen LogP contribution in [0.15, 0.2) is 47.4 Å². The number of hydrogen-bond acceptors (Lipinski definition) is 6. The van der Waals surface area contributed by atoms with Crippen molar-refractivity contribution in [3.05, 3.63) is 52.6 Å². The Morgan fingerprint density at radius 2 is 2.00 bits per heavy atom. The zero-order valence-electron chi connectivity index (χ0n) is 14.4. The molecule has 10 heteroatoms. The molecule has 142 valence electrons. The summed E-state index contributed by atoms with van der Waals surface area (Å²) in [5.41, 5.74) is 0.217. The lowest BCUT2D eigenvalue weighted by Crippen LogP contribution is -2.24. The second-order valence-electron chi connectivity index (χ2n) is 5.90. The number of amides is 1. The maximum atomic E-state index is 12.7. The minimum Gasteiger partial charge on any atom is -0.495 e. The van der Waals surface area contributed by atoms with E-state index in [4.69, 9.17) is 4.74 Å². The van der Waals surface area contributed by atoms with E-state index in [1.165, 1.54) is 48.4 Å². The van der Waals surface area contributed by atoms with E-state index in [1.54, 1.807) is 0 Å². The zero-order valence-corrected chi connectivity index (χ0v) is 15.2. The van der Waals surface area contributed by atoms with Crippen molar-refractivity contribution in [3.8, 4) is 5.75 Å². The summed E-state index contributed by atoms with van der Waals surface area (Å²) in [5, 5.41) is 10.9. The van der Waals surface area contributed by atoms with E-state index in [0.29, 0.717) is 30.8 Å². The number of nitrogens with zero attached hydrogens (tertiary/aromatic N) is 2. The van der Waals surface area contributed by atoms with Gasteiger partial charge < -0.3 is 9.64 Å². The van der Waals surface area contributed by atoms with Gasteiger partial charge in [-0.2, -0.15) is 0 Å². The third kappa shape index (κ3) is 3.85. The zero-order chi connectivity index (χ0) is 19.6. The molecule has 0 spiro atoms. The van der Waals surface area contributed by atoms with Crippen LogP contribution in [0.5, 0.6) is 5.75 Å². The summed E-state index contributed by atoms with van der Waals surface area (Å²) >= 11 is 0. The van der Waals surface area contributed by atoms with Gasteiger partial charge in [0, 0.05) is 25.1 Å². The van der Waals surface area contributed by atoms with E-state index in [0.717, 1.165) is 6.07 Å². The van der Waals surface area contributed by atoms with E-state index >= 15 is 0 Å². The van der Waals surface area contributed by atoms with Crippen LogP contribution in [0.25, 0.3) is 0 Å². The number of benzene rings is 2. The highest BCUT2D eigenvalue weighted by atomic mass is 32.2. The minimum atomic E-state index is -4.02. The molecule has 1 N–H and O–H groups in total. The van der Waals surface area contributed by atoms with Gasteiger partial charge in [-0.1, -0.05) is 6.07 Å². The molecule has 1 aliphatic heterocycles. The smallest absolute Gasteiger partial charge is 0.271 e. The number of methoxy groups -OCH3 is 1. The van der Waals surface area contributed by atoms with E-state index in [9.17, 15) is 23.3 Å². The molecule has 9 nitrogen and oxygen atoms in total. The normalized spacial score (nSPS) is 14.3. The topological polar surface area (TPSA) is 119 Å². The Morgan fingerprint density at radius 1 is 1.22 bits per heavy atom. The molecule has 0 atom stereocenters. The summed E-state index contributed by atoms with van der Waals surface area (Å²) in [4.78, 5) is 23.7. The van der Waals surface area contributed by atoms with Crippen LogP contribution in [0.4, 0.5) is 17.1 Å². The maximum absolute atomic E-state index is 12.7. The fourth-order valence-electron chi connectivity index (χ4n) is 2.85. The van der Waals surface area contributed by atoms with Gasteiger partial charge in [0.05, 0.1) is 28.3 Å². The Hall–Kier alpha value is -3.14. The number of nitrogens with one attached hydrogen (secondary N) is 1. The molecule has 1 fully saturated rings. The lowest BCUT2D eigenvalue weighted by Gasteiger charge is -2.20. The Balaban J connectivity index is 1.96. The third-order valence-corrected chi connectivity index (χ3v) is 5.51. The highest BCUT2D eigenvalue weighted by molar-refractivity contribution is 7.92. The second kappa shape index (κ2) is 7.23. The number of non-ortho nitro benzene ring substituents is 1. The number of nitro groups is 1. The second-order valence-corrected chi connectivity index (χ2v) is 7.58. The molecule has 0 bridgehead atoms. The number of hydrogen-bond donors (Lipinski definition) is 1. The lowest BCUT2D eigenvalue weighted by atomic mass is 10.2. The Bertz CT molecular complexity index is 1010. The Kier molecular flexibility index (Phi) is 5.00. The minimum absolute atomic E-state index is 0.0683. The molecule has 0 saturated carbocycles. The van der Waals surface area contributed by atoms with Crippen molar-refractivity contribution in [2.24, 2.45) is 0 Å². The quantitative estimate of drug-likeness (QED) is 0.597. The van der Waals surface area contributed by atoms with Crippen molar-refractivity contribution >= 4 is 33.0 Å². The van der Waals surface area contributed by atoms with Gasteiger partial charge in [-0.05, 0) is 30.7 Å². The average molecular weight is 391 g/mol. The number of anilines is 2. The molecule has 27 heavy (non-hydrogen) atoms. The van der Waals surface area contributed by atoms with Crippen molar-refractivity contribution < 1.29 is 22.9 Å². The predicted molar refractivity (Wildman–Crippen MR) is 98.5 cm³/mol. The van der Waals surface area contributed by atoms with Gasteiger partial charge >= 0.3 is 0 Å².